The van der Waals surface area contributed by atoms with Crippen LogP contribution >= 0.6 is 38.9 Å². The average molecular weight is 532 g/mol. The van der Waals surface area contributed by atoms with E-state index in [1.165, 1.54) is 35.6 Å². The summed E-state index contributed by atoms with van der Waals surface area (Å²) in [5.74, 6) is -0.475. The fourth-order valence-electron chi connectivity index (χ4n) is 2.87. The number of fused-ring (bicyclic) bond motifs is 1. The Morgan fingerprint density at radius 2 is 1.97 bits per heavy atom. The molecule has 0 unspecified atom stereocenters. The molecule has 0 aliphatic rings. The van der Waals surface area contributed by atoms with Crippen molar-refractivity contribution in [2.45, 2.75) is 24.3 Å². The summed E-state index contributed by atoms with van der Waals surface area (Å²) in [6.07, 6.45) is 0.247. The van der Waals surface area contributed by atoms with Crippen LogP contribution in [-0.4, -0.2) is 38.4 Å². The molecule has 0 atom stereocenters. The van der Waals surface area contributed by atoms with Gasteiger partial charge in [-0.2, -0.15) is 4.99 Å². The largest absolute Gasteiger partial charge is 0.383 e. The zero-order valence-electron chi connectivity index (χ0n) is 16.2. The number of amides is 1. The van der Waals surface area contributed by atoms with Crippen molar-refractivity contribution in [1.82, 2.24) is 4.57 Å². The number of carbonyl (C=O) groups is 1. The Morgan fingerprint density at radius 1 is 1.23 bits per heavy atom. The smallest absolute Gasteiger partial charge is 0.248 e. The number of carbonyl (C=O) groups excluding carboxylic acids is 1. The van der Waals surface area contributed by atoms with E-state index in [1.54, 1.807) is 7.11 Å². The van der Waals surface area contributed by atoms with Crippen LogP contribution < -0.4 is 4.80 Å². The molecule has 10 heteroatoms. The molecule has 3 aromatic rings. The molecule has 0 aliphatic heterocycles. The molecular formula is C20H20BrClN2O4S2. The summed E-state index contributed by atoms with van der Waals surface area (Å²) >= 11 is 10.7. The van der Waals surface area contributed by atoms with Gasteiger partial charge >= 0.3 is 0 Å². The van der Waals surface area contributed by atoms with E-state index in [0.717, 1.165) is 14.7 Å². The number of ether oxygens (including phenoxy) is 1. The van der Waals surface area contributed by atoms with Crippen molar-refractivity contribution in [3.05, 3.63) is 56.8 Å². The first kappa shape index (κ1) is 23.1. The molecule has 1 heterocycles. The highest BCUT2D eigenvalue weighted by Crippen LogP contribution is 2.22. The second kappa shape index (κ2) is 10.2. The maximum absolute atomic E-state index is 12.4. The van der Waals surface area contributed by atoms with E-state index in [2.05, 4.69) is 20.9 Å². The van der Waals surface area contributed by atoms with Crippen LogP contribution in [0.2, 0.25) is 5.02 Å². The van der Waals surface area contributed by atoms with Crippen LogP contribution in [0.25, 0.3) is 10.2 Å². The van der Waals surface area contributed by atoms with E-state index < -0.39 is 9.84 Å². The van der Waals surface area contributed by atoms with Crippen LogP contribution in [0.5, 0.6) is 0 Å². The standard InChI is InChI=1S/C20H20BrClN2O4S2/c1-28-11-10-24-17-9-4-14(21)13-18(17)29-20(24)23-19(25)3-2-12-30(26,27)16-7-5-15(22)6-8-16/h4-9,13H,2-3,10-12H2,1H3. The number of nitrogens with zero attached hydrogens (tertiary/aromatic N) is 2. The molecule has 1 amide bonds. The Hall–Kier alpha value is -1.52. The Balaban J connectivity index is 1.74. The molecule has 160 valence electrons. The first-order chi connectivity index (χ1) is 14.3. The number of thiazole rings is 1. The highest BCUT2D eigenvalue weighted by Gasteiger charge is 2.15. The van der Waals surface area contributed by atoms with Crippen molar-refractivity contribution >= 4 is 64.8 Å². The third-order valence-corrected chi connectivity index (χ3v) is 7.96. The van der Waals surface area contributed by atoms with Gasteiger partial charge < -0.3 is 9.30 Å². The SMILES string of the molecule is COCCn1c(=NC(=O)CCCS(=O)(=O)c2ccc(Cl)cc2)sc2cc(Br)ccc21. The highest BCUT2D eigenvalue weighted by molar-refractivity contribution is 9.10. The van der Waals surface area contributed by atoms with Crippen molar-refractivity contribution in [2.75, 3.05) is 19.5 Å². The number of rotatable bonds is 8. The lowest BCUT2D eigenvalue weighted by Crippen LogP contribution is -2.19. The molecule has 30 heavy (non-hydrogen) atoms. The van der Waals surface area contributed by atoms with Crippen LogP contribution in [0.15, 0.2) is 56.8 Å². The highest BCUT2D eigenvalue weighted by atomic mass is 79.9. The molecule has 0 radical (unpaired) electrons. The van der Waals surface area contributed by atoms with Gasteiger partial charge in [0, 0.05) is 29.6 Å². The van der Waals surface area contributed by atoms with Gasteiger partial charge in [0.15, 0.2) is 14.6 Å². The summed E-state index contributed by atoms with van der Waals surface area (Å²) in [4.78, 5) is 17.4. The number of halogens is 2. The number of methoxy groups -OCH3 is 1. The average Bonchev–Trinajstić information content (AvgIpc) is 3.02. The van der Waals surface area contributed by atoms with Gasteiger partial charge in [-0.1, -0.05) is 38.9 Å². The second-order valence-corrected chi connectivity index (χ2v) is 11.0. The molecule has 2 aromatic carbocycles. The molecule has 0 saturated heterocycles. The van der Waals surface area contributed by atoms with Crippen LogP contribution in [0.4, 0.5) is 0 Å². The molecule has 1 aromatic heterocycles. The predicted molar refractivity (Wildman–Crippen MR) is 123 cm³/mol. The fraction of sp³-hybridized carbons (Fsp3) is 0.300. The minimum absolute atomic E-state index is 0.0506. The van der Waals surface area contributed by atoms with E-state index in [0.29, 0.717) is 23.0 Å². The van der Waals surface area contributed by atoms with Gasteiger partial charge in [-0.3, -0.25) is 4.79 Å². The van der Waals surface area contributed by atoms with Gasteiger partial charge in [0.2, 0.25) is 5.91 Å². The van der Waals surface area contributed by atoms with Crippen LogP contribution in [0.1, 0.15) is 12.8 Å². The van der Waals surface area contributed by atoms with Crippen molar-refractivity contribution in [3.63, 3.8) is 0 Å². The lowest BCUT2D eigenvalue weighted by atomic mass is 10.3. The quantitative estimate of drug-likeness (QED) is 0.430. The van der Waals surface area contributed by atoms with Gasteiger partial charge in [0.25, 0.3) is 0 Å². The molecule has 6 nitrogen and oxygen atoms in total. The lowest BCUT2D eigenvalue weighted by Gasteiger charge is -2.05. The first-order valence-electron chi connectivity index (χ1n) is 9.14. The summed E-state index contributed by atoms with van der Waals surface area (Å²) in [7, 11) is -1.85. The second-order valence-electron chi connectivity index (χ2n) is 6.52. The zero-order chi connectivity index (χ0) is 21.7. The van der Waals surface area contributed by atoms with E-state index in [4.69, 9.17) is 16.3 Å². The number of hydrogen-bond acceptors (Lipinski definition) is 5. The Morgan fingerprint density at radius 3 is 2.67 bits per heavy atom. The molecular weight excluding hydrogens is 512 g/mol. The maximum atomic E-state index is 12.4. The summed E-state index contributed by atoms with van der Waals surface area (Å²) in [5.41, 5.74) is 0.970. The number of sulfone groups is 1. The van der Waals surface area contributed by atoms with Gasteiger partial charge in [0.1, 0.15) is 0 Å². The van der Waals surface area contributed by atoms with Gasteiger partial charge in [0.05, 0.1) is 27.5 Å². The Kier molecular flexibility index (Phi) is 7.86. The normalized spacial score (nSPS) is 12.6. The molecule has 0 aliphatic carbocycles. The van der Waals surface area contributed by atoms with Crippen molar-refractivity contribution in [3.8, 4) is 0 Å². The third kappa shape index (κ3) is 5.79. The first-order valence-corrected chi connectivity index (χ1v) is 12.8. The van der Waals surface area contributed by atoms with Crippen LogP contribution in [-0.2, 0) is 25.9 Å². The molecule has 3 rings (SSSR count). The Bertz CT molecular complexity index is 1220. The lowest BCUT2D eigenvalue weighted by molar-refractivity contribution is -0.118. The summed E-state index contributed by atoms with van der Waals surface area (Å²) in [6.45, 7) is 1.05. The molecule has 0 saturated carbocycles. The Labute approximate surface area is 192 Å². The topological polar surface area (TPSA) is 77.7 Å². The zero-order valence-corrected chi connectivity index (χ0v) is 20.2. The maximum Gasteiger partial charge on any atom is 0.248 e. The van der Waals surface area contributed by atoms with E-state index in [-0.39, 0.29) is 29.4 Å². The van der Waals surface area contributed by atoms with Gasteiger partial charge in [-0.05, 0) is 48.9 Å². The third-order valence-electron chi connectivity index (χ3n) is 4.36. The predicted octanol–water partition coefficient (Wildman–Crippen LogP) is 4.45. The van der Waals surface area contributed by atoms with E-state index in [1.807, 2.05) is 22.8 Å². The number of aromatic nitrogens is 1. The number of hydrogen-bond donors (Lipinski definition) is 0. The minimum atomic E-state index is -3.47. The minimum Gasteiger partial charge on any atom is -0.383 e. The van der Waals surface area contributed by atoms with Crippen LogP contribution in [0.3, 0.4) is 0 Å². The summed E-state index contributed by atoms with van der Waals surface area (Å²) in [6, 6.07) is 11.9. The van der Waals surface area contributed by atoms with Gasteiger partial charge in [-0.25, -0.2) is 8.42 Å². The fourth-order valence-corrected chi connectivity index (χ4v) is 5.93. The molecule has 0 bridgehead atoms. The van der Waals surface area contributed by atoms with Crippen molar-refractivity contribution in [2.24, 2.45) is 4.99 Å². The monoisotopic (exact) mass is 530 g/mol. The number of benzene rings is 2. The molecule has 0 fully saturated rings. The van der Waals surface area contributed by atoms with Crippen molar-refractivity contribution in [1.29, 1.82) is 0 Å². The van der Waals surface area contributed by atoms with Gasteiger partial charge in [-0.15, -0.1) is 0 Å². The molecule has 0 spiro atoms. The summed E-state index contributed by atoms with van der Waals surface area (Å²) in [5, 5.41) is 0.472. The van der Waals surface area contributed by atoms with E-state index in [9.17, 15) is 13.2 Å². The van der Waals surface area contributed by atoms with Crippen LogP contribution in [0, 0.1) is 0 Å². The molecule has 0 N–H and O–H groups in total. The van der Waals surface area contributed by atoms with E-state index >= 15 is 0 Å². The van der Waals surface area contributed by atoms with Crippen molar-refractivity contribution < 1.29 is 17.9 Å². The summed E-state index contributed by atoms with van der Waals surface area (Å²) < 4.78 is 33.9.